The van der Waals surface area contributed by atoms with Gasteiger partial charge in [-0.25, -0.2) is 25.9 Å². The van der Waals surface area contributed by atoms with Crippen molar-refractivity contribution in [3.63, 3.8) is 0 Å². The van der Waals surface area contributed by atoms with Crippen molar-refractivity contribution in [2.45, 2.75) is 35.1 Å². The molecular formula is C13H20N2O4S3. The number of nitrogens with one attached hydrogen (secondary N) is 1. The Bertz CT molecular complexity index is 700. The minimum Gasteiger partial charge on any atom is -0.212 e. The van der Waals surface area contributed by atoms with Crippen LogP contribution in [-0.4, -0.2) is 46.0 Å². The maximum Gasteiger partial charge on any atom is 0.250 e. The van der Waals surface area contributed by atoms with E-state index < -0.39 is 20.0 Å². The summed E-state index contributed by atoms with van der Waals surface area (Å²) in [7, 11) is -6.52. The molecule has 2 aliphatic rings. The van der Waals surface area contributed by atoms with Gasteiger partial charge in [0, 0.05) is 19.6 Å². The van der Waals surface area contributed by atoms with E-state index in [1.165, 1.54) is 11.3 Å². The first kappa shape index (κ1) is 16.4. The highest BCUT2D eigenvalue weighted by Crippen LogP contribution is 2.33. The van der Waals surface area contributed by atoms with E-state index in [2.05, 4.69) is 4.72 Å². The molecule has 2 fully saturated rings. The summed E-state index contributed by atoms with van der Waals surface area (Å²) >= 11 is 1.19. The normalized spacial score (nSPS) is 22.0. The molecule has 6 nitrogen and oxygen atoms in total. The van der Waals surface area contributed by atoms with Crippen molar-refractivity contribution >= 4 is 31.4 Å². The van der Waals surface area contributed by atoms with Crippen LogP contribution in [0.2, 0.25) is 0 Å². The highest BCUT2D eigenvalue weighted by molar-refractivity contribution is 7.91. The smallest absolute Gasteiger partial charge is 0.212 e. The van der Waals surface area contributed by atoms with Crippen LogP contribution in [0.4, 0.5) is 0 Å². The first-order valence-electron chi connectivity index (χ1n) is 7.42. The fraction of sp³-hybridized carbons (Fsp3) is 0.692. The maximum absolute atomic E-state index is 12.1. The summed E-state index contributed by atoms with van der Waals surface area (Å²) in [4.78, 5) is 0. The quantitative estimate of drug-likeness (QED) is 0.823. The molecule has 1 aliphatic heterocycles. The molecule has 1 N–H and O–H groups in total. The Kier molecular flexibility index (Phi) is 4.61. The van der Waals surface area contributed by atoms with Crippen LogP contribution >= 0.6 is 11.3 Å². The Morgan fingerprint density at radius 3 is 2.36 bits per heavy atom. The lowest BCUT2D eigenvalue weighted by Gasteiger charge is -2.31. The minimum absolute atomic E-state index is 0.165. The van der Waals surface area contributed by atoms with E-state index in [1.54, 1.807) is 21.8 Å². The molecule has 0 spiro atoms. The molecule has 22 heavy (non-hydrogen) atoms. The first-order chi connectivity index (χ1) is 10.4. The molecule has 0 bridgehead atoms. The van der Waals surface area contributed by atoms with Crippen molar-refractivity contribution in [3.8, 4) is 0 Å². The van der Waals surface area contributed by atoms with Crippen LogP contribution in [-0.2, 0) is 20.0 Å². The van der Waals surface area contributed by atoms with Gasteiger partial charge in [0.1, 0.15) is 4.21 Å². The predicted molar refractivity (Wildman–Crippen MR) is 85.7 cm³/mol. The average molecular weight is 365 g/mol. The van der Waals surface area contributed by atoms with E-state index in [-0.39, 0.29) is 11.2 Å². The monoisotopic (exact) mass is 364 g/mol. The molecule has 0 atom stereocenters. The van der Waals surface area contributed by atoms with Gasteiger partial charge < -0.3 is 0 Å². The van der Waals surface area contributed by atoms with Crippen LogP contribution in [0.25, 0.3) is 0 Å². The highest BCUT2D eigenvalue weighted by atomic mass is 32.2. The van der Waals surface area contributed by atoms with Gasteiger partial charge in [-0.2, -0.15) is 0 Å². The number of thiophene rings is 1. The summed E-state index contributed by atoms with van der Waals surface area (Å²) < 4.78 is 52.9. The number of hydrogen-bond donors (Lipinski definition) is 1. The topological polar surface area (TPSA) is 83.6 Å². The van der Waals surface area contributed by atoms with Crippen LogP contribution in [0.1, 0.15) is 25.7 Å². The van der Waals surface area contributed by atoms with Gasteiger partial charge in [0.15, 0.2) is 0 Å². The third-order valence-electron chi connectivity index (χ3n) is 4.20. The Morgan fingerprint density at radius 2 is 1.82 bits per heavy atom. The number of piperidine rings is 1. The zero-order valence-corrected chi connectivity index (χ0v) is 14.6. The van der Waals surface area contributed by atoms with Crippen LogP contribution in [0, 0.1) is 5.92 Å². The van der Waals surface area contributed by atoms with Crippen molar-refractivity contribution in [2.24, 2.45) is 5.92 Å². The van der Waals surface area contributed by atoms with Gasteiger partial charge in [-0.15, -0.1) is 11.3 Å². The van der Waals surface area contributed by atoms with Gasteiger partial charge in [0.25, 0.3) is 0 Å². The Hall–Kier alpha value is -0.480. The molecule has 9 heteroatoms. The summed E-state index contributed by atoms with van der Waals surface area (Å²) in [5, 5.41) is 1.57. The SMILES string of the molecule is O=S(=O)(NCC1CCN(S(=O)(=O)C2CC2)CC1)c1cccs1. The van der Waals surface area contributed by atoms with Crippen LogP contribution < -0.4 is 4.72 Å². The molecule has 1 aliphatic carbocycles. The highest BCUT2D eigenvalue weighted by Gasteiger charge is 2.41. The van der Waals surface area contributed by atoms with Crippen molar-refractivity contribution in [1.82, 2.24) is 9.03 Å². The van der Waals surface area contributed by atoms with Crippen LogP contribution in [0.15, 0.2) is 21.7 Å². The average Bonchev–Trinajstić information content (AvgIpc) is 3.21. The number of nitrogens with zero attached hydrogens (tertiary/aromatic N) is 1. The molecule has 0 aromatic carbocycles. The second-order valence-electron chi connectivity index (χ2n) is 5.87. The summed E-state index contributed by atoms with van der Waals surface area (Å²) in [6.07, 6.45) is 2.98. The van der Waals surface area contributed by atoms with E-state index in [4.69, 9.17) is 0 Å². The van der Waals surface area contributed by atoms with Crippen molar-refractivity contribution in [1.29, 1.82) is 0 Å². The molecule has 1 aromatic heterocycles. The van der Waals surface area contributed by atoms with Gasteiger partial charge in [-0.05, 0) is 43.0 Å². The predicted octanol–water partition coefficient (Wildman–Crippen LogP) is 1.23. The summed E-state index contributed by atoms with van der Waals surface area (Å²) in [6.45, 7) is 1.38. The van der Waals surface area contributed by atoms with E-state index in [9.17, 15) is 16.8 Å². The third kappa shape index (κ3) is 3.53. The Balaban J connectivity index is 1.50. The van der Waals surface area contributed by atoms with E-state index >= 15 is 0 Å². The number of hydrogen-bond acceptors (Lipinski definition) is 5. The molecule has 1 saturated heterocycles. The molecule has 3 rings (SSSR count). The zero-order valence-electron chi connectivity index (χ0n) is 12.1. The van der Waals surface area contributed by atoms with E-state index in [1.807, 2.05) is 0 Å². The van der Waals surface area contributed by atoms with E-state index in [0.717, 1.165) is 12.8 Å². The maximum atomic E-state index is 12.1. The van der Waals surface area contributed by atoms with Gasteiger partial charge >= 0.3 is 0 Å². The van der Waals surface area contributed by atoms with Gasteiger partial charge in [0.2, 0.25) is 20.0 Å². The molecule has 124 valence electrons. The molecule has 1 saturated carbocycles. The van der Waals surface area contributed by atoms with Crippen LogP contribution in [0.3, 0.4) is 0 Å². The van der Waals surface area contributed by atoms with Gasteiger partial charge in [-0.3, -0.25) is 0 Å². The largest absolute Gasteiger partial charge is 0.250 e. The molecule has 2 heterocycles. The molecule has 1 aromatic rings. The van der Waals surface area contributed by atoms with Crippen LogP contribution in [0.5, 0.6) is 0 Å². The van der Waals surface area contributed by atoms with Crippen molar-refractivity contribution in [2.75, 3.05) is 19.6 Å². The van der Waals surface area contributed by atoms with Crippen molar-refractivity contribution in [3.05, 3.63) is 17.5 Å². The van der Waals surface area contributed by atoms with E-state index in [0.29, 0.717) is 36.7 Å². The minimum atomic E-state index is -3.43. The first-order valence-corrected chi connectivity index (χ1v) is 11.3. The summed E-state index contributed by atoms with van der Waals surface area (Å²) in [6, 6.07) is 3.29. The standard InChI is InChI=1S/C13H20N2O4S3/c16-21(17,13-2-1-9-20-13)14-10-11-5-7-15(8-6-11)22(18,19)12-3-4-12/h1-2,9,11-12,14H,3-8,10H2. The van der Waals surface area contributed by atoms with Crippen molar-refractivity contribution < 1.29 is 16.8 Å². The molecule has 0 radical (unpaired) electrons. The Labute approximate surface area is 135 Å². The second kappa shape index (κ2) is 6.20. The van der Waals surface area contributed by atoms with Gasteiger partial charge in [-0.1, -0.05) is 6.07 Å². The molecule has 0 amide bonds. The fourth-order valence-corrected chi connectivity index (χ4v) is 6.69. The Morgan fingerprint density at radius 1 is 1.14 bits per heavy atom. The second-order valence-corrected chi connectivity index (χ2v) is 11.0. The lowest BCUT2D eigenvalue weighted by atomic mass is 9.99. The lowest BCUT2D eigenvalue weighted by Crippen LogP contribution is -2.42. The summed E-state index contributed by atoms with van der Waals surface area (Å²) in [5.74, 6) is 0.195. The van der Waals surface area contributed by atoms with Gasteiger partial charge in [0.05, 0.1) is 5.25 Å². The number of sulfonamides is 2. The zero-order chi connectivity index (χ0) is 15.8. The third-order valence-corrected chi connectivity index (χ3v) is 9.42. The lowest BCUT2D eigenvalue weighted by molar-refractivity contribution is 0.274. The molecular weight excluding hydrogens is 344 g/mol. The molecule has 0 unspecified atom stereocenters. The number of rotatable bonds is 6. The fourth-order valence-electron chi connectivity index (χ4n) is 2.66. The summed E-state index contributed by atoms with van der Waals surface area (Å²) in [5.41, 5.74) is 0.